The number of halogens is 1. The predicted molar refractivity (Wildman–Crippen MR) is 120 cm³/mol. The second-order valence-electron chi connectivity index (χ2n) is 7.13. The summed E-state index contributed by atoms with van der Waals surface area (Å²) in [7, 11) is 1.57. The van der Waals surface area contributed by atoms with Gasteiger partial charge in [0.05, 0.1) is 12.7 Å². The molecule has 5 nitrogen and oxygen atoms in total. The molecule has 1 N–H and O–H groups in total. The molecule has 0 unspecified atom stereocenters. The molecule has 152 valence electrons. The van der Waals surface area contributed by atoms with E-state index in [1.807, 2.05) is 53.4 Å². The van der Waals surface area contributed by atoms with E-state index < -0.39 is 0 Å². The first-order valence-electron chi connectivity index (χ1n) is 9.66. The summed E-state index contributed by atoms with van der Waals surface area (Å²) >= 11 is 3.42. The monoisotopic (exact) mass is 464 g/mol. The third-order valence-corrected chi connectivity index (χ3v) is 5.89. The van der Waals surface area contributed by atoms with Crippen LogP contribution in [0.1, 0.15) is 31.8 Å². The molecule has 2 amide bonds. The Morgan fingerprint density at radius 2 is 1.80 bits per heavy atom. The number of hydrogen-bond donors (Lipinski definition) is 1. The first kappa shape index (κ1) is 20.2. The molecule has 1 heterocycles. The molecule has 0 radical (unpaired) electrons. The standard InChI is InChI=1S/C24H21BrN2O3/c1-30-20-9-10-22(25)21(14-20)23(28)26-19-8-7-16-11-12-27(15-18(16)13-19)24(29)17-5-3-2-4-6-17/h2-10,13-14H,11-12,15H2,1H3,(H,26,28). The molecule has 1 aliphatic heterocycles. The summed E-state index contributed by atoms with van der Waals surface area (Å²) in [5.74, 6) is 0.411. The topological polar surface area (TPSA) is 58.6 Å². The third kappa shape index (κ3) is 4.24. The van der Waals surface area contributed by atoms with Crippen LogP contribution in [-0.4, -0.2) is 30.4 Å². The normalized spacial score (nSPS) is 12.8. The smallest absolute Gasteiger partial charge is 0.256 e. The van der Waals surface area contributed by atoms with Crippen LogP contribution in [0.3, 0.4) is 0 Å². The van der Waals surface area contributed by atoms with Crippen LogP contribution in [0.15, 0.2) is 71.2 Å². The second kappa shape index (κ2) is 8.71. The molecule has 0 aromatic heterocycles. The molecular weight excluding hydrogens is 444 g/mol. The summed E-state index contributed by atoms with van der Waals surface area (Å²) in [6, 6.07) is 20.5. The number of anilines is 1. The van der Waals surface area contributed by atoms with Crippen molar-refractivity contribution in [2.45, 2.75) is 13.0 Å². The number of nitrogens with one attached hydrogen (secondary N) is 1. The van der Waals surface area contributed by atoms with E-state index in [2.05, 4.69) is 21.2 Å². The van der Waals surface area contributed by atoms with Crippen molar-refractivity contribution in [2.75, 3.05) is 19.0 Å². The predicted octanol–water partition coefficient (Wildman–Crippen LogP) is 4.91. The quantitative estimate of drug-likeness (QED) is 0.596. The van der Waals surface area contributed by atoms with Crippen LogP contribution in [-0.2, 0) is 13.0 Å². The van der Waals surface area contributed by atoms with Crippen molar-refractivity contribution in [1.29, 1.82) is 0 Å². The van der Waals surface area contributed by atoms with Crippen molar-refractivity contribution in [3.8, 4) is 5.75 Å². The molecule has 6 heteroatoms. The van der Waals surface area contributed by atoms with Gasteiger partial charge in [-0.3, -0.25) is 9.59 Å². The van der Waals surface area contributed by atoms with Crippen molar-refractivity contribution in [3.63, 3.8) is 0 Å². The summed E-state index contributed by atoms with van der Waals surface area (Å²) in [6.07, 6.45) is 0.795. The van der Waals surface area contributed by atoms with Crippen molar-refractivity contribution < 1.29 is 14.3 Å². The van der Waals surface area contributed by atoms with Gasteiger partial charge in [0.1, 0.15) is 5.75 Å². The minimum atomic E-state index is -0.228. The molecule has 0 atom stereocenters. The molecular formula is C24H21BrN2O3. The zero-order valence-electron chi connectivity index (χ0n) is 16.5. The molecule has 3 aromatic rings. The van der Waals surface area contributed by atoms with E-state index in [1.54, 1.807) is 25.3 Å². The highest BCUT2D eigenvalue weighted by Gasteiger charge is 2.22. The molecule has 0 saturated carbocycles. The van der Waals surface area contributed by atoms with Crippen molar-refractivity contribution in [2.24, 2.45) is 0 Å². The Morgan fingerprint density at radius 1 is 1.00 bits per heavy atom. The number of methoxy groups -OCH3 is 1. The number of hydrogen-bond acceptors (Lipinski definition) is 3. The van der Waals surface area contributed by atoms with E-state index in [9.17, 15) is 9.59 Å². The van der Waals surface area contributed by atoms with E-state index in [-0.39, 0.29) is 11.8 Å². The van der Waals surface area contributed by atoms with Gasteiger partial charge in [-0.15, -0.1) is 0 Å². The number of carbonyl (C=O) groups excluding carboxylic acids is 2. The van der Waals surface area contributed by atoms with Gasteiger partial charge in [-0.1, -0.05) is 24.3 Å². The fourth-order valence-corrected chi connectivity index (χ4v) is 4.00. The lowest BCUT2D eigenvalue weighted by Crippen LogP contribution is -2.36. The minimum absolute atomic E-state index is 0.0241. The zero-order valence-corrected chi connectivity index (χ0v) is 18.1. The van der Waals surface area contributed by atoms with E-state index in [4.69, 9.17) is 4.74 Å². The number of nitrogens with zero attached hydrogens (tertiary/aromatic N) is 1. The zero-order chi connectivity index (χ0) is 21.1. The fraction of sp³-hybridized carbons (Fsp3) is 0.167. The largest absolute Gasteiger partial charge is 0.497 e. The maximum atomic E-state index is 12.8. The van der Waals surface area contributed by atoms with Crippen molar-refractivity contribution in [3.05, 3.63) is 93.5 Å². The molecule has 0 bridgehead atoms. The Labute approximate surface area is 183 Å². The number of ether oxygens (including phenoxy) is 1. The average Bonchev–Trinajstić information content (AvgIpc) is 2.79. The summed E-state index contributed by atoms with van der Waals surface area (Å²) in [5.41, 5.74) is 4.13. The Kier molecular flexibility index (Phi) is 5.86. The minimum Gasteiger partial charge on any atom is -0.497 e. The van der Waals surface area contributed by atoms with E-state index in [1.165, 1.54) is 5.56 Å². The molecule has 0 saturated heterocycles. The lowest BCUT2D eigenvalue weighted by Gasteiger charge is -2.29. The average molecular weight is 465 g/mol. The van der Waals surface area contributed by atoms with Crippen LogP contribution in [0.25, 0.3) is 0 Å². The maximum Gasteiger partial charge on any atom is 0.256 e. The molecule has 0 spiro atoms. The number of amides is 2. The molecule has 0 aliphatic carbocycles. The van der Waals surface area contributed by atoms with E-state index >= 15 is 0 Å². The highest BCUT2D eigenvalue weighted by molar-refractivity contribution is 9.10. The summed E-state index contributed by atoms with van der Waals surface area (Å²) in [5, 5.41) is 2.95. The number of carbonyl (C=O) groups is 2. The lowest BCUT2D eigenvalue weighted by atomic mass is 9.98. The summed E-state index contributed by atoms with van der Waals surface area (Å²) < 4.78 is 5.91. The first-order chi connectivity index (χ1) is 14.5. The Morgan fingerprint density at radius 3 is 2.57 bits per heavy atom. The van der Waals surface area contributed by atoms with E-state index in [0.29, 0.717) is 40.1 Å². The van der Waals surface area contributed by atoms with Crippen molar-refractivity contribution >= 4 is 33.4 Å². The van der Waals surface area contributed by atoms with Gasteiger partial charge in [0.15, 0.2) is 0 Å². The number of benzene rings is 3. The van der Waals surface area contributed by atoms with Crippen molar-refractivity contribution in [1.82, 2.24) is 4.90 Å². The van der Waals surface area contributed by atoms with Crippen LogP contribution in [0.5, 0.6) is 5.75 Å². The van der Waals surface area contributed by atoms with Gasteiger partial charge < -0.3 is 15.0 Å². The second-order valence-corrected chi connectivity index (χ2v) is 7.98. The van der Waals surface area contributed by atoms with Gasteiger partial charge in [0.25, 0.3) is 11.8 Å². The van der Waals surface area contributed by atoms with Gasteiger partial charge in [-0.2, -0.15) is 0 Å². The highest BCUT2D eigenvalue weighted by Crippen LogP contribution is 2.26. The summed E-state index contributed by atoms with van der Waals surface area (Å²) in [6.45, 7) is 1.21. The van der Waals surface area contributed by atoms with E-state index in [0.717, 1.165) is 12.0 Å². The number of fused-ring (bicyclic) bond motifs is 1. The fourth-order valence-electron chi connectivity index (χ4n) is 3.58. The SMILES string of the molecule is COc1ccc(Br)c(C(=O)Nc2ccc3c(c2)CN(C(=O)c2ccccc2)CC3)c1. The first-order valence-corrected chi connectivity index (χ1v) is 10.5. The van der Waals surface area contributed by atoms with Gasteiger partial charge in [0, 0.05) is 28.8 Å². The van der Waals surface area contributed by atoms with Gasteiger partial charge in [-0.25, -0.2) is 0 Å². The lowest BCUT2D eigenvalue weighted by molar-refractivity contribution is 0.0734. The van der Waals surface area contributed by atoms with Crippen LogP contribution < -0.4 is 10.1 Å². The van der Waals surface area contributed by atoms with Gasteiger partial charge in [-0.05, 0) is 75.9 Å². The molecule has 30 heavy (non-hydrogen) atoms. The van der Waals surface area contributed by atoms with Crippen LogP contribution >= 0.6 is 15.9 Å². The van der Waals surface area contributed by atoms with Crippen LogP contribution in [0, 0.1) is 0 Å². The third-order valence-electron chi connectivity index (χ3n) is 5.20. The maximum absolute atomic E-state index is 12.8. The molecule has 3 aromatic carbocycles. The van der Waals surface area contributed by atoms with Crippen LogP contribution in [0.2, 0.25) is 0 Å². The van der Waals surface area contributed by atoms with Gasteiger partial charge >= 0.3 is 0 Å². The number of rotatable bonds is 4. The highest BCUT2D eigenvalue weighted by atomic mass is 79.9. The molecule has 1 aliphatic rings. The van der Waals surface area contributed by atoms with Crippen LogP contribution in [0.4, 0.5) is 5.69 Å². The Hall–Kier alpha value is -3.12. The van der Waals surface area contributed by atoms with Gasteiger partial charge in [0.2, 0.25) is 0 Å². The summed E-state index contributed by atoms with van der Waals surface area (Å²) in [4.78, 5) is 27.4. The Balaban J connectivity index is 1.52. The Bertz CT molecular complexity index is 1100. The molecule has 0 fully saturated rings. The molecule has 4 rings (SSSR count).